The summed E-state index contributed by atoms with van der Waals surface area (Å²) in [7, 11) is -1.73. The second-order valence-corrected chi connectivity index (χ2v) is 5.52. The van der Waals surface area contributed by atoms with Gasteiger partial charge in [-0.3, -0.25) is 0 Å². The maximum Gasteiger partial charge on any atom is 0.488 e. The molecule has 5 nitrogen and oxygen atoms in total. The Balaban J connectivity index is 2.78. The fourth-order valence-electron chi connectivity index (χ4n) is 1.62. The molecule has 0 aromatic heterocycles. The fraction of sp³-hybridized carbons (Fsp3) is 0.462. The first-order valence-corrected chi connectivity index (χ1v) is 6.25. The van der Waals surface area contributed by atoms with Gasteiger partial charge in [-0.2, -0.15) is 0 Å². The van der Waals surface area contributed by atoms with Gasteiger partial charge in [-0.05, 0) is 39.2 Å². The van der Waals surface area contributed by atoms with Gasteiger partial charge in [0.2, 0.25) is 0 Å². The molecular formula is C13H19BFNO4. The van der Waals surface area contributed by atoms with Crippen LogP contribution in [0.1, 0.15) is 39.3 Å². The highest BCUT2D eigenvalue weighted by Gasteiger charge is 2.21. The molecule has 1 aromatic rings. The van der Waals surface area contributed by atoms with Crippen LogP contribution in [0.15, 0.2) is 18.2 Å². The van der Waals surface area contributed by atoms with E-state index in [1.165, 1.54) is 12.1 Å². The Bertz CT molecular complexity index is 488. The van der Waals surface area contributed by atoms with Crippen LogP contribution in [-0.2, 0) is 4.74 Å². The molecule has 0 unspecified atom stereocenters. The summed E-state index contributed by atoms with van der Waals surface area (Å²) in [5.74, 6) is -0.626. The smallest absolute Gasteiger partial charge is 0.444 e. The third-order valence-electron chi connectivity index (χ3n) is 2.52. The van der Waals surface area contributed by atoms with Crippen LogP contribution in [0, 0.1) is 5.82 Å². The molecule has 1 rings (SSSR count). The molecule has 0 saturated heterocycles. The average molecular weight is 283 g/mol. The van der Waals surface area contributed by atoms with Gasteiger partial charge in [0.05, 0.1) is 6.04 Å². The zero-order valence-electron chi connectivity index (χ0n) is 12.0. The predicted octanol–water partition coefficient (Wildman–Crippen LogP) is 1.09. The normalized spacial score (nSPS) is 12.8. The van der Waals surface area contributed by atoms with Crippen LogP contribution in [0.2, 0.25) is 0 Å². The molecule has 1 atom stereocenters. The van der Waals surface area contributed by atoms with Crippen LogP contribution in [-0.4, -0.2) is 28.9 Å². The number of carbonyl (C=O) groups excluding carboxylic acids is 1. The molecule has 1 amide bonds. The first-order valence-electron chi connectivity index (χ1n) is 6.25. The van der Waals surface area contributed by atoms with Crippen molar-refractivity contribution in [1.29, 1.82) is 0 Å². The number of alkyl carbamates (subject to hydrolysis) is 1. The number of halogens is 1. The van der Waals surface area contributed by atoms with E-state index in [2.05, 4.69) is 5.32 Å². The lowest BCUT2D eigenvalue weighted by atomic mass is 9.79. The molecule has 3 N–H and O–H groups in total. The summed E-state index contributed by atoms with van der Waals surface area (Å²) in [4.78, 5) is 11.6. The lowest BCUT2D eigenvalue weighted by molar-refractivity contribution is 0.0507. The van der Waals surface area contributed by atoms with E-state index in [1.807, 2.05) is 0 Å². The van der Waals surface area contributed by atoms with Crippen LogP contribution in [0.4, 0.5) is 9.18 Å². The van der Waals surface area contributed by atoms with Gasteiger partial charge in [-0.1, -0.05) is 12.1 Å². The molecule has 110 valence electrons. The highest BCUT2D eigenvalue weighted by molar-refractivity contribution is 6.58. The lowest BCUT2D eigenvalue weighted by Gasteiger charge is -2.22. The van der Waals surface area contributed by atoms with Crippen LogP contribution in [0.5, 0.6) is 0 Å². The Morgan fingerprint density at radius 1 is 1.40 bits per heavy atom. The molecule has 0 bridgehead atoms. The van der Waals surface area contributed by atoms with Crippen LogP contribution < -0.4 is 10.8 Å². The van der Waals surface area contributed by atoms with E-state index < -0.39 is 30.7 Å². The Kier molecular flexibility index (Phi) is 5.13. The molecule has 0 aliphatic rings. The molecule has 0 radical (unpaired) electrons. The van der Waals surface area contributed by atoms with Crippen molar-refractivity contribution in [3.8, 4) is 0 Å². The summed E-state index contributed by atoms with van der Waals surface area (Å²) in [5.41, 5.74) is -0.344. The number of hydrogen-bond acceptors (Lipinski definition) is 4. The molecule has 0 aliphatic heterocycles. The molecule has 0 saturated carbocycles. The summed E-state index contributed by atoms with van der Waals surface area (Å²) < 4.78 is 18.9. The number of carbonyl (C=O) groups is 1. The minimum Gasteiger partial charge on any atom is -0.444 e. The minimum atomic E-state index is -1.73. The fourth-order valence-corrected chi connectivity index (χ4v) is 1.62. The van der Waals surface area contributed by atoms with Gasteiger partial charge in [-0.25, -0.2) is 9.18 Å². The van der Waals surface area contributed by atoms with E-state index in [9.17, 15) is 9.18 Å². The number of amides is 1. The topological polar surface area (TPSA) is 78.8 Å². The third kappa shape index (κ3) is 4.83. The molecule has 1 aromatic carbocycles. The van der Waals surface area contributed by atoms with Gasteiger partial charge in [0, 0.05) is 5.56 Å². The van der Waals surface area contributed by atoms with Gasteiger partial charge in [0.25, 0.3) is 0 Å². The monoisotopic (exact) mass is 283 g/mol. The van der Waals surface area contributed by atoms with Crippen molar-refractivity contribution in [3.05, 3.63) is 29.6 Å². The van der Waals surface area contributed by atoms with Crippen molar-refractivity contribution in [2.45, 2.75) is 39.3 Å². The van der Waals surface area contributed by atoms with Crippen LogP contribution in [0.3, 0.4) is 0 Å². The van der Waals surface area contributed by atoms with Gasteiger partial charge < -0.3 is 20.1 Å². The van der Waals surface area contributed by atoms with Gasteiger partial charge in [0.15, 0.2) is 0 Å². The summed E-state index contributed by atoms with van der Waals surface area (Å²) in [5, 5.41) is 20.4. The largest absolute Gasteiger partial charge is 0.488 e. The molecule has 0 spiro atoms. The van der Waals surface area contributed by atoms with E-state index >= 15 is 0 Å². The quantitative estimate of drug-likeness (QED) is 0.726. The summed E-state index contributed by atoms with van der Waals surface area (Å²) in [6, 6.07) is 3.20. The average Bonchev–Trinajstić information content (AvgIpc) is 2.25. The second-order valence-electron chi connectivity index (χ2n) is 5.52. The third-order valence-corrected chi connectivity index (χ3v) is 2.52. The minimum absolute atomic E-state index is 0.0516. The van der Waals surface area contributed by atoms with E-state index in [0.29, 0.717) is 0 Å². The highest BCUT2D eigenvalue weighted by atomic mass is 19.1. The van der Waals surface area contributed by atoms with E-state index in [0.717, 1.165) is 6.07 Å². The zero-order chi connectivity index (χ0) is 15.5. The number of rotatable bonds is 3. The molecule has 20 heavy (non-hydrogen) atoms. The van der Waals surface area contributed by atoms with E-state index in [1.54, 1.807) is 27.7 Å². The van der Waals surface area contributed by atoms with Crippen LogP contribution in [0.25, 0.3) is 0 Å². The molecule has 0 heterocycles. The first kappa shape index (κ1) is 16.5. The van der Waals surface area contributed by atoms with Crippen molar-refractivity contribution in [1.82, 2.24) is 5.32 Å². The standard InChI is InChI=1S/C13H19BFNO4/c1-8(16-12(17)20-13(2,3)4)10-6-5-9(14(18)19)7-11(10)15/h5-8,18-19H,1-4H3,(H,16,17)/t8-/m1/s1. The Morgan fingerprint density at radius 3 is 2.45 bits per heavy atom. The van der Waals surface area contributed by atoms with Gasteiger partial charge >= 0.3 is 13.2 Å². The number of hydrogen-bond donors (Lipinski definition) is 3. The van der Waals surface area contributed by atoms with Crippen LogP contribution >= 0.6 is 0 Å². The number of ether oxygens (including phenoxy) is 1. The molecular weight excluding hydrogens is 264 g/mol. The Morgan fingerprint density at radius 2 is 2.00 bits per heavy atom. The number of nitrogens with one attached hydrogen (secondary N) is 1. The summed E-state index contributed by atoms with van der Waals surface area (Å²) >= 11 is 0. The maximum atomic E-state index is 13.8. The van der Waals surface area contributed by atoms with Crippen molar-refractivity contribution in [2.75, 3.05) is 0 Å². The van der Waals surface area contributed by atoms with Crippen molar-refractivity contribution in [3.63, 3.8) is 0 Å². The lowest BCUT2D eigenvalue weighted by Crippen LogP contribution is -2.35. The van der Waals surface area contributed by atoms with Crippen molar-refractivity contribution >= 4 is 18.7 Å². The van der Waals surface area contributed by atoms with E-state index in [4.69, 9.17) is 14.8 Å². The van der Waals surface area contributed by atoms with Gasteiger partial charge in [-0.15, -0.1) is 0 Å². The Labute approximate surface area is 117 Å². The molecule has 0 aliphatic carbocycles. The Hall–Kier alpha value is -1.60. The first-order chi connectivity index (χ1) is 9.10. The van der Waals surface area contributed by atoms with Gasteiger partial charge in [0.1, 0.15) is 11.4 Å². The van der Waals surface area contributed by atoms with E-state index in [-0.39, 0.29) is 11.0 Å². The maximum absolute atomic E-state index is 13.8. The summed E-state index contributed by atoms with van der Waals surface area (Å²) in [6.07, 6.45) is -0.643. The highest BCUT2D eigenvalue weighted by Crippen LogP contribution is 2.16. The van der Waals surface area contributed by atoms with Crippen molar-refractivity contribution in [2.24, 2.45) is 0 Å². The molecule has 0 fully saturated rings. The predicted molar refractivity (Wildman–Crippen MR) is 74.0 cm³/mol. The number of benzene rings is 1. The summed E-state index contributed by atoms with van der Waals surface area (Å²) in [6.45, 7) is 6.80. The zero-order valence-corrected chi connectivity index (χ0v) is 12.0. The second kappa shape index (κ2) is 6.24. The SMILES string of the molecule is C[C@@H](NC(=O)OC(C)(C)C)c1ccc(B(O)O)cc1F. The van der Waals surface area contributed by atoms with Crippen molar-refractivity contribution < 1.29 is 24.0 Å². The molecule has 7 heteroatoms.